The van der Waals surface area contributed by atoms with E-state index in [1.165, 1.54) is 0 Å². The van der Waals surface area contributed by atoms with Crippen LogP contribution in [0.2, 0.25) is 0 Å². The van der Waals surface area contributed by atoms with Gasteiger partial charge in [0.2, 0.25) is 0 Å². The molecular formula is C9H17OV-. The first-order valence-corrected chi connectivity index (χ1v) is 3.94. The molecule has 0 saturated heterocycles. The molecule has 0 bridgehead atoms. The normalized spacial score (nSPS) is 13.5. The van der Waals surface area contributed by atoms with Crippen LogP contribution in [0.5, 0.6) is 0 Å². The summed E-state index contributed by atoms with van der Waals surface area (Å²) < 4.78 is 0. The van der Waals surface area contributed by atoms with Gasteiger partial charge < -0.3 is 4.79 Å². The molecule has 0 aliphatic carbocycles. The van der Waals surface area contributed by atoms with Gasteiger partial charge in [0, 0.05) is 18.6 Å². The summed E-state index contributed by atoms with van der Waals surface area (Å²) in [6.07, 6.45) is 4.33. The Labute approximate surface area is 81.8 Å². The van der Waals surface area contributed by atoms with Crippen LogP contribution >= 0.6 is 0 Å². The van der Waals surface area contributed by atoms with E-state index in [0.29, 0.717) is 5.92 Å². The van der Waals surface area contributed by atoms with Gasteiger partial charge in [-0.05, 0) is 0 Å². The molecule has 0 aliphatic heterocycles. The van der Waals surface area contributed by atoms with Gasteiger partial charge in [-0.2, -0.15) is 0 Å². The molecule has 1 atom stereocenters. The van der Waals surface area contributed by atoms with Gasteiger partial charge in [-0.15, -0.1) is 5.41 Å². The minimum absolute atomic E-state index is 0. The molecule has 0 N–H and O–H groups in total. The molecule has 2 heteroatoms. The van der Waals surface area contributed by atoms with E-state index in [1.54, 1.807) is 0 Å². The van der Waals surface area contributed by atoms with Gasteiger partial charge in [0.1, 0.15) is 0 Å². The maximum Gasteiger partial charge on any atom is 0 e. The average Bonchev–Trinajstić information content (AvgIpc) is 1.89. The van der Waals surface area contributed by atoms with E-state index in [-0.39, 0.29) is 24.0 Å². The van der Waals surface area contributed by atoms with Crippen LogP contribution in [-0.4, -0.2) is 6.29 Å². The Balaban J connectivity index is 0. The Morgan fingerprint density at radius 1 is 1.45 bits per heavy atom. The van der Waals surface area contributed by atoms with Crippen molar-refractivity contribution in [3.63, 3.8) is 0 Å². The third-order valence-electron chi connectivity index (χ3n) is 2.22. The Hall–Kier alpha value is 0.254. The van der Waals surface area contributed by atoms with E-state index in [9.17, 15) is 4.79 Å². The molecule has 1 radical (unpaired) electrons. The van der Waals surface area contributed by atoms with E-state index in [2.05, 4.69) is 20.1 Å². The Kier molecular flexibility index (Phi) is 7.35. The maximum absolute atomic E-state index is 10.4. The first-order chi connectivity index (χ1) is 4.54. The van der Waals surface area contributed by atoms with Crippen molar-refractivity contribution in [2.45, 2.75) is 40.5 Å². The Bertz CT molecular complexity index is 110. The first-order valence-electron chi connectivity index (χ1n) is 3.94. The van der Waals surface area contributed by atoms with Crippen LogP contribution in [0.1, 0.15) is 40.5 Å². The third-order valence-corrected chi connectivity index (χ3v) is 2.22. The van der Waals surface area contributed by atoms with Crippen LogP contribution < -0.4 is 0 Å². The van der Waals surface area contributed by atoms with Crippen molar-refractivity contribution in [3.8, 4) is 0 Å². The number of carbonyl (C=O) groups excluding carboxylic acids is 1. The molecule has 0 aliphatic rings. The van der Waals surface area contributed by atoms with E-state index >= 15 is 0 Å². The van der Waals surface area contributed by atoms with Gasteiger partial charge in [0.05, 0.1) is 0 Å². The number of hydrogen-bond donors (Lipinski definition) is 0. The summed E-state index contributed by atoms with van der Waals surface area (Å²) in [6, 6.07) is 0. The molecular weight excluding hydrogens is 175 g/mol. The molecule has 11 heavy (non-hydrogen) atoms. The third kappa shape index (κ3) is 4.65. The van der Waals surface area contributed by atoms with E-state index in [0.717, 1.165) is 12.8 Å². The summed E-state index contributed by atoms with van der Waals surface area (Å²) >= 11 is 0. The van der Waals surface area contributed by atoms with Gasteiger partial charge >= 0.3 is 0 Å². The second-order valence-corrected chi connectivity index (χ2v) is 3.51. The molecule has 0 saturated carbocycles. The summed E-state index contributed by atoms with van der Waals surface area (Å²) in [5.74, 6) is 0.454. The molecule has 1 nitrogen and oxygen atoms in total. The average molecular weight is 192 g/mol. The summed E-state index contributed by atoms with van der Waals surface area (Å²) in [5.41, 5.74) is -0.254. The van der Waals surface area contributed by atoms with Gasteiger partial charge in [-0.3, -0.25) is 6.29 Å². The standard InChI is InChI=1S/C9H17O.V/c1-5-6-8(2)9(3,4)7-10;/h8H,5-6H2,1-4H3;/q-1;/t8-;/m0./s1. The minimum atomic E-state index is -0.254. The maximum atomic E-state index is 10.4. The number of rotatable bonds is 4. The summed E-state index contributed by atoms with van der Waals surface area (Å²) in [4.78, 5) is 10.4. The minimum Gasteiger partial charge on any atom is -0.541 e. The fourth-order valence-electron chi connectivity index (χ4n) is 0.894. The molecule has 0 aromatic carbocycles. The Morgan fingerprint density at radius 3 is 2.18 bits per heavy atom. The molecule has 0 spiro atoms. The molecule has 0 amide bonds. The van der Waals surface area contributed by atoms with E-state index in [1.807, 2.05) is 13.8 Å². The van der Waals surface area contributed by atoms with Crippen LogP contribution in [0.25, 0.3) is 0 Å². The van der Waals surface area contributed by atoms with Gasteiger partial charge in [-0.25, -0.2) is 0 Å². The molecule has 65 valence electrons. The van der Waals surface area contributed by atoms with Crippen LogP contribution in [0.3, 0.4) is 0 Å². The van der Waals surface area contributed by atoms with Gasteiger partial charge in [-0.1, -0.05) is 46.5 Å². The van der Waals surface area contributed by atoms with Crippen molar-refractivity contribution in [1.82, 2.24) is 0 Å². The fraction of sp³-hybridized carbons (Fsp3) is 0.889. The molecule has 0 aromatic heterocycles. The van der Waals surface area contributed by atoms with Crippen molar-refractivity contribution in [2.24, 2.45) is 11.3 Å². The predicted octanol–water partition coefficient (Wildman–Crippen LogP) is 2.56. The summed E-state index contributed by atoms with van der Waals surface area (Å²) in [7, 11) is 0. The van der Waals surface area contributed by atoms with Crippen molar-refractivity contribution >= 4 is 6.29 Å². The second kappa shape index (κ2) is 5.85. The van der Waals surface area contributed by atoms with Crippen LogP contribution in [-0.2, 0) is 23.4 Å². The molecule has 0 heterocycles. The first kappa shape index (κ1) is 13.8. The van der Waals surface area contributed by atoms with Gasteiger partial charge in [0.25, 0.3) is 0 Å². The van der Waals surface area contributed by atoms with Crippen molar-refractivity contribution in [1.29, 1.82) is 0 Å². The smallest absolute Gasteiger partial charge is 0 e. The van der Waals surface area contributed by atoms with E-state index < -0.39 is 0 Å². The van der Waals surface area contributed by atoms with Crippen molar-refractivity contribution in [3.05, 3.63) is 0 Å². The predicted molar refractivity (Wildman–Crippen MR) is 43.5 cm³/mol. The topological polar surface area (TPSA) is 17.1 Å². The van der Waals surface area contributed by atoms with Crippen molar-refractivity contribution in [2.75, 3.05) is 0 Å². The van der Waals surface area contributed by atoms with Crippen LogP contribution in [0, 0.1) is 11.3 Å². The molecule has 0 rings (SSSR count). The molecule has 0 unspecified atom stereocenters. The second-order valence-electron chi connectivity index (χ2n) is 3.51. The zero-order chi connectivity index (χ0) is 8.20. The van der Waals surface area contributed by atoms with Crippen molar-refractivity contribution < 1.29 is 23.4 Å². The van der Waals surface area contributed by atoms with Crippen LogP contribution in [0.4, 0.5) is 0 Å². The fourth-order valence-corrected chi connectivity index (χ4v) is 0.894. The molecule has 0 fully saturated rings. The zero-order valence-corrected chi connectivity index (χ0v) is 9.24. The number of hydrogen-bond acceptors (Lipinski definition) is 1. The van der Waals surface area contributed by atoms with Crippen LogP contribution in [0.15, 0.2) is 0 Å². The largest absolute Gasteiger partial charge is 0.541 e. The quantitative estimate of drug-likeness (QED) is 0.625. The zero-order valence-electron chi connectivity index (χ0n) is 7.85. The van der Waals surface area contributed by atoms with Gasteiger partial charge in [0.15, 0.2) is 0 Å². The SMILES string of the molecule is CCC[C@H](C)C(C)(C)[C-]=O.[V]. The summed E-state index contributed by atoms with van der Waals surface area (Å²) in [5, 5.41) is 0. The van der Waals surface area contributed by atoms with E-state index in [4.69, 9.17) is 0 Å². The monoisotopic (exact) mass is 192 g/mol. The molecule has 0 aromatic rings. The summed E-state index contributed by atoms with van der Waals surface area (Å²) in [6.45, 7) is 8.13. The Morgan fingerprint density at radius 2 is 1.91 bits per heavy atom.